The number of benzene rings is 1. The van der Waals surface area contributed by atoms with E-state index < -0.39 is 0 Å². The van der Waals surface area contributed by atoms with Crippen LogP contribution < -0.4 is 5.32 Å². The third kappa shape index (κ3) is 5.06. The Balaban J connectivity index is 1.92. The topological polar surface area (TPSA) is 24.5 Å². The molecule has 1 aromatic rings. The molecule has 0 saturated carbocycles. The highest BCUT2D eigenvalue weighted by molar-refractivity contribution is 9.10. The normalized spacial score (nSPS) is 21.4. The van der Waals surface area contributed by atoms with E-state index in [9.17, 15) is 0 Å². The minimum Gasteiger partial charge on any atom is -0.376 e. The van der Waals surface area contributed by atoms with E-state index in [4.69, 9.17) is 4.74 Å². The van der Waals surface area contributed by atoms with Crippen LogP contribution in [0.4, 0.5) is 0 Å². The van der Waals surface area contributed by atoms with Crippen molar-refractivity contribution in [3.05, 3.63) is 34.3 Å². The second-order valence-electron chi connectivity index (χ2n) is 5.62. The number of morpholine rings is 1. The lowest BCUT2D eigenvalue weighted by Gasteiger charge is -2.33. The second kappa shape index (κ2) is 8.89. The molecule has 2 unspecified atom stereocenters. The Kier molecular flexibility index (Phi) is 7.17. The predicted molar refractivity (Wildman–Crippen MR) is 91.6 cm³/mol. The minimum absolute atomic E-state index is 0.411. The maximum atomic E-state index is 5.75. The molecule has 3 nitrogen and oxygen atoms in total. The van der Waals surface area contributed by atoms with Gasteiger partial charge in [0, 0.05) is 30.1 Å². The zero-order valence-corrected chi connectivity index (χ0v) is 14.7. The van der Waals surface area contributed by atoms with Gasteiger partial charge in [-0.05, 0) is 31.0 Å². The van der Waals surface area contributed by atoms with E-state index in [1.54, 1.807) is 0 Å². The molecule has 1 aliphatic heterocycles. The van der Waals surface area contributed by atoms with Crippen molar-refractivity contribution in [3.8, 4) is 0 Å². The lowest BCUT2D eigenvalue weighted by Crippen LogP contribution is -2.43. The smallest absolute Gasteiger partial charge is 0.0700 e. The van der Waals surface area contributed by atoms with E-state index in [-0.39, 0.29) is 0 Å². The molecule has 0 amide bonds. The summed E-state index contributed by atoms with van der Waals surface area (Å²) in [7, 11) is 0. The summed E-state index contributed by atoms with van der Waals surface area (Å²) in [6.07, 6.45) is 2.66. The molecule has 0 spiro atoms. The van der Waals surface area contributed by atoms with Gasteiger partial charge in [0.25, 0.3) is 0 Å². The molecule has 0 bridgehead atoms. The highest BCUT2D eigenvalue weighted by Gasteiger charge is 2.20. The van der Waals surface area contributed by atoms with Crippen LogP contribution in [-0.2, 0) is 4.74 Å². The van der Waals surface area contributed by atoms with Crippen LogP contribution in [0, 0.1) is 0 Å². The molecule has 118 valence electrons. The van der Waals surface area contributed by atoms with Gasteiger partial charge in [0.15, 0.2) is 0 Å². The number of nitrogens with one attached hydrogen (secondary N) is 1. The molecule has 0 aromatic heterocycles. The molecule has 1 N–H and O–H groups in total. The van der Waals surface area contributed by atoms with Crippen LogP contribution in [0.3, 0.4) is 0 Å². The van der Waals surface area contributed by atoms with Crippen LogP contribution in [0.1, 0.15) is 38.3 Å². The lowest BCUT2D eigenvalue weighted by molar-refractivity contribution is -0.0305. The maximum absolute atomic E-state index is 5.75. The molecular formula is C17H27BrN2O. The van der Waals surface area contributed by atoms with Gasteiger partial charge in [-0.15, -0.1) is 0 Å². The van der Waals surface area contributed by atoms with E-state index in [0.29, 0.717) is 12.1 Å². The molecule has 4 heteroatoms. The molecule has 1 aliphatic rings. The summed E-state index contributed by atoms with van der Waals surface area (Å²) in [4.78, 5) is 2.54. The average molecular weight is 355 g/mol. The number of rotatable bonds is 7. The van der Waals surface area contributed by atoms with E-state index in [0.717, 1.165) is 45.6 Å². The van der Waals surface area contributed by atoms with Crippen molar-refractivity contribution >= 4 is 15.9 Å². The third-order valence-corrected chi connectivity index (χ3v) is 4.87. The van der Waals surface area contributed by atoms with E-state index in [2.05, 4.69) is 64.3 Å². The third-order valence-electron chi connectivity index (χ3n) is 4.14. The first-order chi connectivity index (χ1) is 10.2. The van der Waals surface area contributed by atoms with Crippen LogP contribution in [0.15, 0.2) is 28.7 Å². The van der Waals surface area contributed by atoms with Gasteiger partial charge in [-0.1, -0.05) is 48.0 Å². The summed E-state index contributed by atoms with van der Waals surface area (Å²) in [5, 5.41) is 3.62. The predicted octanol–water partition coefficient (Wildman–Crippen LogP) is 3.60. The molecule has 1 fully saturated rings. The number of halogens is 1. The standard InChI is InChI=1S/C17H27BrN2O/c1-3-14-13-20(11-12-21-14)10-9-17(19-4-2)15-7-5-6-8-16(15)18/h5-8,14,17,19H,3-4,9-13H2,1-2H3. The van der Waals surface area contributed by atoms with Crippen molar-refractivity contribution in [2.24, 2.45) is 0 Å². The number of nitrogens with zero attached hydrogens (tertiary/aromatic N) is 1. The fraction of sp³-hybridized carbons (Fsp3) is 0.647. The first kappa shape index (κ1) is 16.9. The van der Waals surface area contributed by atoms with Crippen molar-refractivity contribution < 1.29 is 4.74 Å². The second-order valence-corrected chi connectivity index (χ2v) is 6.48. The lowest BCUT2D eigenvalue weighted by atomic mass is 10.0. The van der Waals surface area contributed by atoms with Gasteiger partial charge in [-0.25, -0.2) is 0 Å². The molecule has 0 radical (unpaired) electrons. The van der Waals surface area contributed by atoms with Crippen LogP contribution in [0.25, 0.3) is 0 Å². The summed E-state index contributed by atoms with van der Waals surface area (Å²) in [6.45, 7) is 9.50. The van der Waals surface area contributed by atoms with Gasteiger partial charge < -0.3 is 10.1 Å². The summed E-state index contributed by atoms with van der Waals surface area (Å²) < 4.78 is 6.95. The van der Waals surface area contributed by atoms with Gasteiger partial charge in [-0.3, -0.25) is 4.90 Å². The van der Waals surface area contributed by atoms with Gasteiger partial charge in [0.1, 0.15) is 0 Å². The molecular weight excluding hydrogens is 328 g/mol. The van der Waals surface area contributed by atoms with Gasteiger partial charge in [-0.2, -0.15) is 0 Å². The van der Waals surface area contributed by atoms with Crippen molar-refractivity contribution in [3.63, 3.8) is 0 Å². The zero-order chi connectivity index (χ0) is 15.1. The Morgan fingerprint density at radius 1 is 1.38 bits per heavy atom. The van der Waals surface area contributed by atoms with Crippen molar-refractivity contribution in [1.82, 2.24) is 10.2 Å². The number of ether oxygens (including phenoxy) is 1. The van der Waals surface area contributed by atoms with Gasteiger partial charge in [0.05, 0.1) is 12.7 Å². The molecule has 1 heterocycles. The fourth-order valence-electron chi connectivity index (χ4n) is 2.91. The first-order valence-electron chi connectivity index (χ1n) is 8.06. The monoisotopic (exact) mass is 354 g/mol. The largest absolute Gasteiger partial charge is 0.376 e. The van der Waals surface area contributed by atoms with Crippen LogP contribution >= 0.6 is 15.9 Å². The summed E-state index contributed by atoms with van der Waals surface area (Å²) in [5.74, 6) is 0. The number of hydrogen-bond acceptors (Lipinski definition) is 3. The van der Waals surface area contributed by atoms with Crippen molar-refractivity contribution in [2.75, 3.05) is 32.8 Å². The van der Waals surface area contributed by atoms with E-state index >= 15 is 0 Å². The highest BCUT2D eigenvalue weighted by atomic mass is 79.9. The first-order valence-corrected chi connectivity index (χ1v) is 8.85. The molecule has 0 aliphatic carbocycles. The highest BCUT2D eigenvalue weighted by Crippen LogP contribution is 2.26. The van der Waals surface area contributed by atoms with Crippen molar-refractivity contribution in [1.29, 1.82) is 0 Å². The quantitative estimate of drug-likeness (QED) is 0.809. The molecule has 1 saturated heterocycles. The average Bonchev–Trinajstić information content (AvgIpc) is 2.52. The maximum Gasteiger partial charge on any atom is 0.0700 e. The Labute approximate surface area is 137 Å². The van der Waals surface area contributed by atoms with Crippen LogP contribution in [0.2, 0.25) is 0 Å². The Morgan fingerprint density at radius 3 is 2.90 bits per heavy atom. The van der Waals surface area contributed by atoms with E-state index in [1.165, 1.54) is 10.0 Å². The molecule has 2 rings (SSSR count). The molecule has 1 aromatic carbocycles. The van der Waals surface area contributed by atoms with Gasteiger partial charge in [0.2, 0.25) is 0 Å². The Bertz CT molecular complexity index is 427. The minimum atomic E-state index is 0.411. The summed E-state index contributed by atoms with van der Waals surface area (Å²) in [6, 6.07) is 8.94. The summed E-state index contributed by atoms with van der Waals surface area (Å²) >= 11 is 3.68. The van der Waals surface area contributed by atoms with E-state index in [1.807, 2.05) is 0 Å². The molecule has 21 heavy (non-hydrogen) atoms. The number of hydrogen-bond donors (Lipinski definition) is 1. The fourth-order valence-corrected chi connectivity index (χ4v) is 3.47. The Hall–Kier alpha value is -0.420. The zero-order valence-electron chi connectivity index (χ0n) is 13.1. The summed E-state index contributed by atoms with van der Waals surface area (Å²) in [5.41, 5.74) is 1.36. The van der Waals surface area contributed by atoms with Gasteiger partial charge >= 0.3 is 0 Å². The van der Waals surface area contributed by atoms with Crippen molar-refractivity contribution in [2.45, 2.75) is 38.8 Å². The van der Waals surface area contributed by atoms with Crippen LogP contribution in [-0.4, -0.2) is 43.8 Å². The SMILES string of the molecule is CCNC(CCN1CCOC(CC)C1)c1ccccc1Br. The Morgan fingerprint density at radius 2 is 2.19 bits per heavy atom. The van der Waals surface area contributed by atoms with Crippen LogP contribution in [0.5, 0.6) is 0 Å². The molecule has 2 atom stereocenters.